The lowest BCUT2D eigenvalue weighted by atomic mass is 10.0. The Morgan fingerprint density at radius 1 is 0.415 bits per heavy atom. The predicted molar refractivity (Wildman–Crippen MR) is 170 cm³/mol. The van der Waals surface area contributed by atoms with E-state index in [9.17, 15) is 0 Å². The quantitative estimate of drug-likeness (QED) is 0.222. The lowest BCUT2D eigenvalue weighted by Gasteiger charge is -2.12. The third-order valence-corrected chi connectivity index (χ3v) is 8.50. The van der Waals surface area contributed by atoms with Gasteiger partial charge in [-0.3, -0.25) is 0 Å². The van der Waals surface area contributed by atoms with Crippen LogP contribution in [0.1, 0.15) is 0 Å². The number of fused-ring (bicyclic) bond motifs is 4. The largest absolute Gasteiger partial charge is 0.246 e. The van der Waals surface area contributed by atoms with Crippen molar-refractivity contribution in [3.8, 4) is 45.3 Å². The Balaban J connectivity index is 1.43. The van der Waals surface area contributed by atoms with E-state index in [0.717, 1.165) is 54.3 Å². The highest BCUT2D eigenvalue weighted by Gasteiger charge is 2.20. The molecule has 0 aliphatic rings. The molecule has 0 amide bonds. The van der Waals surface area contributed by atoms with Gasteiger partial charge < -0.3 is 0 Å². The van der Waals surface area contributed by atoms with Gasteiger partial charge in [-0.15, -0.1) is 11.3 Å². The Morgan fingerprint density at radius 2 is 1.00 bits per heavy atom. The molecule has 0 saturated carbocycles. The van der Waals surface area contributed by atoms with Gasteiger partial charge in [0.25, 0.3) is 0 Å². The summed E-state index contributed by atoms with van der Waals surface area (Å²) >= 11 is 1.74. The molecule has 0 aliphatic heterocycles. The Morgan fingerprint density at radius 3 is 1.80 bits per heavy atom. The normalized spacial score (nSPS) is 11.4. The van der Waals surface area contributed by atoms with Gasteiger partial charge in [-0.25, -0.2) is 19.9 Å². The molecule has 8 aromatic rings. The molecule has 41 heavy (non-hydrogen) atoms. The van der Waals surface area contributed by atoms with E-state index in [-0.39, 0.29) is 0 Å². The minimum absolute atomic E-state index is 0.641. The number of pyridine rings is 1. The van der Waals surface area contributed by atoms with E-state index < -0.39 is 0 Å². The first-order chi connectivity index (χ1) is 20.3. The third kappa shape index (κ3) is 4.15. The van der Waals surface area contributed by atoms with Gasteiger partial charge in [0.05, 0.1) is 15.7 Å². The Hall–Kier alpha value is -5.26. The first-order valence-corrected chi connectivity index (χ1v) is 14.3. The second-order valence-electron chi connectivity index (χ2n) is 9.90. The average molecular weight is 543 g/mol. The molecule has 3 aromatic heterocycles. The summed E-state index contributed by atoms with van der Waals surface area (Å²) in [7, 11) is 0. The highest BCUT2D eigenvalue weighted by Crippen LogP contribution is 2.42. The summed E-state index contributed by atoms with van der Waals surface area (Å²) in [6, 6.07) is 45.6. The van der Waals surface area contributed by atoms with Crippen LogP contribution in [-0.2, 0) is 0 Å². The van der Waals surface area contributed by atoms with Crippen LogP contribution >= 0.6 is 11.3 Å². The van der Waals surface area contributed by atoms with Gasteiger partial charge in [-0.05, 0) is 29.3 Å². The zero-order valence-electron chi connectivity index (χ0n) is 21.9. The molecule has 4 nitrogen and oxygen atoms in total. The van der Waals surface area contributed by atoms with Crippen molar-refractivity contribution in [2.75, 3.05) is 0 Å². The van der Waals surface area contributed by atoms with Crippen molar-refractivity contribution in [1.82, 2.24) is 19.9 Å². The molecule has 0 fully saturated rings. The number of aromatic nitrogens is 4. The molecule has 0 unspecified atom stereocenters. The maximum Gasteiger partial charge on any atom is 0.166 e. The summed E-state index contributed by atoms with van der Waals surface area (Å²) in [6.07, 6.45) is 0. The van der Waals surface area contributed by atoms with Crippen LogP contribution in [0, 0.1) is 0 Å². The Labute approximate surface area is 240 Å². The maximum absolute atomic E-state index is 5.16. The van der Waals surface area contributed by atoms with Crippen LogP contribution in [-0.4, -0.2) is 19.9 Å². The standard InChI is InChI=1S/C36H22N4S/c1-3-12-23(13-4-1)25-16-11-17-26(22-25)35-38-34(24-14-5-2-6-15-24)39-36(40-35)31-27-18-7-9-20-29(27)37-32-28-19-8-10-21-30(28)41-33(31)32/h1-22H. The van der Waals surface area contributed by atoms with Crippen LogP contribution in [0.3, 0.4) is 0 Å². The highest BCUT2D eigenvalue weighted by molar-refractivity contribution is 7.26. The second kappa shape index (κ2) is 9.73. The topological polar surface area (TPSA) is 51.6 Å². The van der Waals surface area contributed by atoms with Gasteiger partial charge >= 0.3 is 0 Å². The Bertz CT molecular complexity index is 2210. The summed E-state index contributed by atoms with van der Waals surface area (Å²) in [6.45, 7) is 0. The lowest BCUT2D eigenvalue weighted by Crippen LogP contribution is -2.01. The average Bonchev–Trinajstić information content (AvgIpc) is 3.42. The van der Waals surface area contributed by atoms with E-state index in [1.807, 2.05) is 42.5 Å². The molecule has 0 saturated heterocycles. The maximum atomic E-state index is 5.16. The van der Waals surface area contributed by atoms with Crippen LogP contribution in [0.25, 0.3) is 76.5 Å². The first-order valence-electron chi connectivity index (χ1n) is 13.5. The molecule has 0 spiro atoms. The molecule has 8 rings (SSSR count). The number of benzene rings is 5. The molecule has 0 aliphatic carbocycles. The fourth-order valence-corrected chi connectivity index (χ4v) is 6.56. The van der Waals surface area contributed by atoms with E-state index in [1.54, 1.807) is 11.3 Å². The van der Waals surface area contributed by atoms with Crippen molar-refractivity contribution in [2.24, 2.45) is 0 Å². The minimum atomic E-state index is 0.641. The van der Waals surface area contributed by atoms with E-state index >= 15 is 0 Å². The van der Waals surface area contributed by atoms with Crippen LogP contribution < -0.4 is 0 Å². The van der Waals surface area contributed by atoms with Crippen molar-refractivity contribution in [2.45, 2.75) is 0 Å². The molecule has 0 N–H and O–H groups in total. The molecule has 5 aromatic carbocycles. The van der Waals surface area contributed by atoms with E-state index in [4.69, 9.17) is 19.9 Å². The molecule has 0 radical (unpaired) electrons. The number of rotatable bonds is 4. The number of thiophene rings is 1. The van der Waals surface area contributed by atoms with Gasteiger partial charge in [0.1, 0.15) is 0 Å². The Kier molecular flexibility index (Phi) is 5.61. The lowest BCUT2D eigenvalue weighted by molar-refractivity contribution is 1.08. The van der Waals surface area contributed by atoms with Gasteiger partial charge in [-0.2, -0.15) is 0 Å². The van der Waals surface area contributed by atoms with Crippen LogP contribution in [0.15, 0.2) is 133 Å². The fourth-order valence-electron chi connectivity index (χ4n) is 5.36. The van der Waals surface area contributed by atoms with Crippen LogP contribution in [0.5, 0.6) is 0 Å². The van der Waals surface area contributed by atoms with Crippen molar-refractivity contribution < 1.29 is 0 Å². The van der Waals surface area contributed by atoms with Crippen molar-refractivity contribution >= 4 is 42.5 Å². The van der Waals surface area contributed by atoms with Crippen molar-refractivity contribution in [1.29, 1.82) is 0 Å². The van der Waals surface area contributed by atoms with E-state index in [0.29, 0.717) is 17.5 Å². The first kappa shape index (κ1) is 23.6. The van der Waals surface area contributed by atoms with Crippen LogP contribution in [0.4, 0.5) is 0 Å². The summed E-state index contributed by atoms with van der Waals surface area (Å²) < 4.78 is 2.28. The predicted octanol–water partition coefficient (Wildman–Crippen LogP) is 9.46. The summed E-state index contributed by atoms with van der Waals surface area (Å²) in [5.41, 5.74) is 7.06. The second-order valence-corrected chi connectivity index (χ2v) is 11.0. The van der Waals surface area contributed by atoms with Gasteiger partial charge in [0, 0.05) is 32.2 Å². The number of nitrogens with zero attached hydrogens (tertiary/aromatic N) is 4. The van der Waals surface area contributed by atoms with Crippen molar-refractivity contribution in [3.05, 3.63) is 133 Å². The molecule has 5 heteroatoms. The van der Waals surface area contributed by atoms with Crippen LogP contribution in [0.2, 0.25) is 0 Å². The summed E-state index contributed by atoms with van der Waals surface area (Å²) in [4.78, 5) is 20.4. The highest BCUT2D eigenvalue weighted by atomic mass is 32.1. The number of hydrogen-bond acceptors (Lipinski definition) is 5. The monoisotopic (exact) mass is 542 g/mol. The van der Waals surface area contributed by atoms with Gasteiger partial charge in [0.15, 0.2) is 17.5 Å². The SMILES string of the molecule is c1ccc(-c2cccc(-c3nc(-c4ccccc4)nc(-c4c5ccccc5nc5c4sc4ccccc45)n3)c2)cc1. The van der Waals surface area contributed by atoms with Gasteiger partial charge in [-0.1, -0.05) is 115 Å². The number of para-hydroxylation sites is 1. The smallest absolute Gasteiger partial charge is 0.166 e. The molecule has 192 valence electrons. The van der Waals surface area contributed by atoms with E-state index in [2.05, 4.69) is 91.0 Å². The molecule has 0 atom stereocenters. The zero-order valence-corrected chi connectivity index (χ0v) is 22.7. The summed E-state index contributed by atoms with van der Waals surface area (Å²) in [5, 5.41) is 2.17. The number of hydrogen-bond donors (Lipinski definition) is 0. The molecule has 0 bridgehead atoms. The molecular formula is C36H22N4S. The summed E-state index contributed by atoms with van der Waals surface area (Å²) in [5.74, 6) is 1.93. The third-order valence-electron chi connectivity index (χ3n) is 7.32. The molecular weight excluding hydrogens is 520 g/mol. The molecule has 3 heterocycles. The van der Waals surface area contributed by atoms with Gasteiger partial charge in [0.2, 0.25) is 0 Å². The minimum Gasteiger partial charge on any atom is -0.246 e. The fraction of sp³-hybridized carbons (Fsp3) is 0. The van der Waals surface area contributed by atoms with E-state index in [1.165, 1.54) is 4.70 Å². The van der Waals surface area contributed by atoms with Crippen molar-refractivity contribution in [3.63, 3.8) is 0 Å². The zero-order chi connectivity index (χ0) is 27.2.